The third kappa shape index (κ3) is 5.65. The zero-order chi connectivity index (χ0) is 20.9. The van der Waals surface area contributed by atoms with Gasteiger partial charge < -0.3 is 20.3 Å². The molecule has 1 aliphatic heterocycles. The van der Waals surface area contributed by atoms with Crippen LogP contribution in [0, 0.1) is 5.82 Å². The highest BCUT2D eigenvalue weighted by Gasteiger charge is 2.33. The van der Waals surface area contributed by atoms with Gasteiger partial charge in [-0.1, -0.05) is 13.8 Å². The van der Waals surface area contributed by atoms with Gasteiger partial charge in [-0.2, -0.15) is 0 Å². The number of morpholine rings is 1. The number of aliphatic hydroxyl groups excluding tert-OH is 1. The molecule has 6 nitrogen and oxygen atoms in total. The molecule has 0 saturated carbocycles. The van der Waals surface area contributed by atoms with Gasteiger partial charge in [-0.15, -0.1) is 0 Å². The number of nitrogen functional groups attached to an aromatic ring is 1. The zero-order valence-corrected chi connectivity index (χ0v) is 17.1. The number of hydrogen-bond acceptors (Lipinski definition) is 6. The van der Waals surface area contributed by atoms with Crippen LogP contribution < -0.4 is 10.5 Å². The average molecular weight is 403 g/mol. The van der Waals surface area contributed by atoms with Crippen LogP contribution in [0.15, 0.2) is 36.5 Å². The summed E-state index contributed by atoms with van der Waals surface area (Å²) in [6.07, 6.45) is 2.80. The molecule has 1 atom stereocenters. The number of halogens is 1. The molecule has 3 rings (SSSR count). The highest BCUT2D eigenvalue weighted by atomic mass is 19.1. The summed E-state index contributed by atoms with van der Waals surface area (Å²) < 4.78 is 25.7. The summed E-state index contributed by atoms with van der Waals surface area (Å²) in [6.45, 7) is 7.09. The highest BCUT2D eigenvalue weighted by Crippen LogP contribution is 2.27. The lowest BCUT2D eigenvalue weighted by Gasteiger charge is -2.42. The van der Waals surface area contributed by atoms with Crippen molar-refractivity contribution in [2.75, 3.05) is 38.6 Å². The first-order chi connectivity index (χ1) is 13.9. The summed E-state index contributed by atoms with van der Waals surface area (Å²) in [7, 11) is 0. The van der Waals surface area contributed by atoms with Crippen LogP contribution >= 0.6 is 0 Å². The van der Waals surface area contributed by atoms with Gasteiger partial charge in [-0.3, -0.25) is 4.90 Å². The Morgan fingerprint density at radius 1 is 1.28 bits per heavy atom. The first-order valence-corrected chi connectivity index (χ1v) is 10.1. The van der Waals surface area contributed by atoms with E-state index in [2.05, 4.69) is 23.7 Å². The first-order valence-electron chi connectivity index (χ1n) is 10.1. The minimum absolute atomic E-state index is 0.0888. The average Bonchev–Trinajstić information content (AvgIpc) is 2.72. The van der Waals surface area contributed by atoms with E-state index in [0.29, 0.717) is 30.3 Å². The lowest BCUT2D eigenvalue weighted by atomic mass is 9.95. The van der Waals surface area contributed by atoms with E-state index in [9.17, 15) is 9.50 Å². The smallest absolute Gasteiger partial charge is 0.127 e. The summed E-state index contributed by atoms with van der Waals surface area (Å²) in [5.74, 6) is 0.366. The first kappa shape index (κ1) is 21.5. The molecule has 0 amide bonds. The van der Waals surface area contributed by atoms with Gasteiger partial charge in [0, 0.05) is 37.5 Å². The van der Waals surface area contributed by atoms with E-state index in [0.717, 1.165) is 31.5 Å². The van der Waals surface area contributed by atoms with Crippen molar-refractivity contribution in [1.29, 1.82) is 0 Å². The monoisotopic (exact) mass is 403 g/mol. The number of hydrogen-bond donors (Lipinski definition) is 2. The Morgan fingerprint density at radius 2 is 2.07 bits per heavy atom. The van der Waals surface area contributed by atoms with E-state index in [-0.39, 0.29) is 12.2 Å². The second-order valence-electron chi connectivity index (χ2n) is 7.59. The maximum atomic E-state index is 14.0. The van der Waals surface area contributed by atoms with E-state index in [4.69, 9.17) is 15.2 Å². The van der Waals surface area contributed by atoms with Gasteiger partial charge >= 0.3 is 0 Å². The van der Waals surface area contributed by atoms with Crippen molar-refractivity contribution >= 4 is 5.82 Å². The number of benzene rings is 1. The normalized spacial score (nSPS) is 17.8. The zero-order valence-electron chi connectivity index (χ0n) is 17.1. The van der Waals surface area contributed by atoms with Crippen LogP contribution in [0.3, 0.4) is 0 Å². The standard InChI is InChI=1S/C22H30FN3O3/c1-3-22(4-2)15-26(7-8-29-22)13-19(27)14-28-20-10-17(9-18(23)11-20)16-5-6-21(24)25-12-16/h5-6,9-12,19,27H,3-4,7-8,13-15H2,1-2H3,(H2,24,25). The summed E-state index contributed by atoms with van der Waals surface area (Å²) >= 11 is 0. The molecular weight excluding hydrogens is 373 g/mol. The van der Waals surface area contributed by atoms with Gasteiger partial charge in [-0.25, -0.2) is 9.37 Å². The summed E-state index contributed by atoms with van der Waals surface area (Å²) in [6, 6.07) is 7.91. The fraction of sp³-hybridized carbons (Fsp3) is 0.500. The van der Waals surface area contributed by atoms with E-state index in [1.165, 1.54) is 12.1 Å². The molecule has 29 heavy (non-hydrogen) atoms. The molecule has 1 unspecified atom stereocenters. The quantitative estimate of drug-likeness (QED) is 0.705. The third-order valence-corrected chi connectivity index (χ3v) is 5.52. The Morgan fingerprint density at radius 3 is 2.76 bits per heavy atom. The molecule has 1 fully saturated rings. The van der Waals surface area contributed by atoms with Crippen molar-refractivity contribution < 1.29 is 19.0 Å². The molecule has 0 radical (unpaired) electrons. The lowest BCUT2D eigenvalue weighted by molar-refractivity contribution is -0.119. The maximum Gasteiger partial charge on any atom is 0.127 e. The minimum atomic E-state index is -0.676. The fourth-order valence-corrected chi connectivity index (χ4v) is 3.69. The lowest BCUT2D eigenvalue weighted by Crippen LogP contribution is -2.53. The molecule has 3 N–H and O–H groups in total. The van der Waals surface area contributed by atoms with Crippen LogP contribution in [0.4, 0.5) is 10.2 Å². The molecule has 0 aliphatic carbocycles. The van der Waals surface area contributed by atoms with Gasteiger partial charge in [0.1, 0.15) is 30.1 Å². The number of nitrogens with zero attached hydrogens (tertiary/aromatic N) is 2. The highest BCUT2D eigenvalue weighted by molar-refractivity contribution is 5.65. The molecule has 1 saturated heterocycles. The molecular formula is C22H30FN3O3. The number of β-amino-alcohol motifs (C(OH)–C–C–N with tert-alkyl or cyclic N) is 1. The third-order valence-electron chi connectivity index (χ3n) is 5.52. The van der Waals surface area contributed by atoms with Crippen molar-refractivity contribution in [3.63, 3.8) is 0 Å². The van der Waals surface area contributed by atoms with E-state index in [1.54, 1.807) is 24.4 Å². The Kier molecular flexibility index (Phi) is 7.05. The van der Waals surface area contributed by atoms with Crippen LogP contribution in [0.1, 0.15) is 26.7 Å². The van der Waals surface area contributed by atoms with E-state index < -0.39 is 11.9 Å². The Hall–Kier alpha value is -2.22. The largest absolute Gasteiger partial charge is 0.491 e. The minimum Gasteiger partial charge on any atom is -0.491 e. The Balaban J connectivity index is 1.59. The van der Waals surface area contributed by atoms with Gasteiger partial charge in [0.15, 0.2) is 0 Å². The Labute approximate surface area is 171 Å². The SMILES string of the molecule is CCC1(CC)CN(CC(O)COc2cc(F)cc(-c3ccc(N)nc3)c2)CCO1. The number of aliphatic hydroxyl groups is 1. The van der Waals surface area contributed by atoms with Gasteiger partial charge in [-0.05, 0) is 42.7 Å². The van der Waals surface area contributed by atoms with Gasteiger partial charge in [0.25, 0.3) is 0 Å². The maximum absolute atomic E-state index is 14.0. The van der Waals surface area contributed by atoms with Crippen LogP contribution in [-0.2, 0) is 4.74 Å². The molecule has 1 aliphatic rings. The summed E-state index contributed by atoms with van der Waals surface area (Å²) in [5, 5.41) is 10.4. The number of anilines is 1. The van der Waals surface area contributed by atoms with Crippen molar-refractivity contribution in [3.05, 3.63) is 42.3 Å². The van der Waals surface area contributed by atoms with E-state index in [1.807, 2.05) is 0 Å². The molecule has 2 aromatic rings. The van der Waals surface area contributed by atoms with Crippen LogP contribution in [-0.4, -0.2) is 59.5 Å². The van der Waals surface area contributed by atoms with Crippen molar-refractivity contribution in [2.24, 2.45) is 0 Å². The molecule has 1 aromatic heterocycles. The number of aromatic nitrogens is 1. The van der Waals surface area contributed by atoms with Crippen molar-refractivity contribution in [1.82, 2.24) is 9.88 Å². The second-order valence-corrected chi connectivity index (χ2v) is 7.59. The summed E-state index contributed by atoms with van der Waals surface area (Å²) in [4.78, 5) is 6.25. The second kappa shape index (κ2) is 9.52. The molecule has 2 heterocycles. The molecule has 1 aromatic carbocycles. The predicted octanol–water partition coefficient (Wildman–Crippen LogP) is 3.10. The van der Waals surface area contributed by atoms with Crippen LogP contribution in [0.2, 0.25) is 0 Å². The number of nitrogens with two attached hydrogens (primary N) is 1. The van der Waals surface area contributed by atoms with E-state index >= 15 is 0 Å². The predicted molar refractivity (Wildman–Crippen MR) is 111 cm³/mol. The molecule has 0 bridgehead atoms. The van der Waals surface area contributed by atoms with Crippen LogP contribution in [0.5, 0.6) is 5.75 Å². The molecule has 158 valence electrons. The van der Waals surface area contributed by atoms with Crippen molar-refractivity contribution in [3.8, 4) is 16.9 Å². The summed E-state index contributed by atoms with van der Waals surface area (Å²) in [5.41, 5.74) is 6.86. The van der Waals surface area contributed by atoms with Gasteiger partial charge in [0.2, 0.25) is 0 Å². The number of pyridine rings is 1. The molecule has 7 heteroatoms. The number of rotatable bonds is 8. The van der Waals surface area contributed by atoms with Crippen molar-refractivity contribution in [2.45, 2.75) is 38.4 Å². The molecule has 0 spiro atoms. The fourth-order valence-electron chi connectivity index (χ4n) is 3.69. The topological polar surface area (TPSA) is 80.8 Å². The van der Waals surface area contributed by atoms with Gasteiger partial charge in [0.05, 0.1) is 12.2 Å². The number of ether oxygens (including phenoxy) is 2. The Bertz CT molecular complexity index is 796. The van der Waals surface area contributed by atoms with Crippen LogP contribution in [0.25, 0.3) is 11.1 Å².